The lowest BCUT2D eigenvalue weighted by Gasteiger charge is -2.26. The highest BCUT2D eigenvalue weighted by Crippen LogP contribution is 2.41. The Hall–Kier alpha value is -4.93. The van der Waals surface area contributed by atoms with E-state index < -0.39 is 48.2 Å². The second-order valence-electron chi connectivity index (χ2n) is 14.9. The zero-order chi connectivity index (χ0) is 40.2. The first-order valence-electron chi connectivity index (χ1n) is 17.9. The van der Waals surface area contributed by atoms with Crippen LogP contribution in [0.5, 0.6) is 0 Å². The highest BCUT2D eigenvalue weighted by molar-refractivity contribution is 7.93. The number of H-pyrrole nitrogens is 1. The van der Waals surface area contributed by atoms with Gasteiger partial charge in [-0.25, -0.2) is 30.6 Å². The Kier molecular flexibility index (Phi) is 10.4. The molecule has 0 bridgehead atoms. The number of aromatic nitrogens is 5. The van der Waals surface area contributed by atoms with Crippen LogP contribution in [-0.2, 0) is 51.0 Å². The van der Waals surface area contributed by atoms with Crippen LogP contribution in [0, 0.1) is 11.6 Å². The summed E-state index contributed by atoms with van der Waals surface area (Å²) in [6.07, 6.45) is 2.58. The fourth-order valence-corrected chi connectivity index (χ4v) is 9.84. The Labute approximate surface area is 328 Å². The third kappa shape index (κ3) is 8.27. The molecule has 1 aliphatic rings. The molecule has 0 unspecified atom stereocenters. The van der Waals surface area contributed by atoms with Gasteiger partial charge in [0.15, 0.2) is 15.7 Å². The fraction of sp³-hybridized carbons (Fsp3) is 0.333. The average molecular weight is 824 g/mol. The molecule has 3 heterocycles. The molecule has 1 amide bonds. The van der Waals surface area contributed by atoms with E-state index in [-0.39, 0.29) is 47.3 Å². The van der Waals surface area contributed by atoms with Crippen molar-refractivity contribution in [3.8, 4) is 11.1 Å². The van der Waals surface area contributed by atoms with E-state index in [1.807, 2.05) is 24.3 Å². The van der Waals surface area contributed by atoms with Crippen molar-refractivity contribution in [2.45, 2.75) is 68.4 Å². The highest BCUT2D eigenvalue weighted by atomic mass is 35.5. The van der Waals surface area contributed by atoms with Crippen LogP contribution in [0.3, 0.4) is 0 Å². The molecule has 3 aromatic carbocycles. The molecule has 0 spiro atoms. The van der Waals surface area contributed by atoms with Crippen LogP contribution in [-0.4, -0.2) is 63.7 Å². The molecule has 1 fully saturated rings. The molecule has 0 aliphatic heterocycles. The number of para-hydroxylation sites is 2. The van der Waals surface area contributed by atoms with Crippen molar-refractivity contribution in [2.24, 2.45) is 7.05 Å². The van der Waals surface area contributed by atoms with Crippen molar-refractivity contribution in [1.82, 2.24) is 30.0 Å². The summed E-state index contributed by atoms with van der Waals surface area (Å²) in [6, 6.07) is 16.3. The van der Waals surface area contributed by atoms with E-state index in [1.165, 1.54) is 16.8 Å². The molecule has 0 radical (unpaired) electrons. The maximum Gasteiger partial charge on any atom is 0.231 e. The molecular formula is C39H40ClF2N7O5S2. The quantitative estimate of drug-likeness (QED) is 0.109. The number of sulfone groups is 1. The summed E-state index contributed by atoms with van der Waals surface area (Å²) in [4.78, 5) is 26.6. The van der Waals surface area contributed by atoms with Gasteiger partial charge in [-0.15, -0.1) is 0 Å². The number of hydrogen-bond donors (Lipinski definition) is 3. The molecule has 56 heavy (non-hydrogen) atoms. The van der Waals surface area contributed by atoms with Gasteiger partial charge in [0.05, 0.1) is 61.4 Å². The number of hydrogen-bond acceptors (Lipinski definition) is 8. The number of carbonyl (C=O) groups is 1. The van der Waals surface area contributed by atoms with Crippen molar-refractivity contribution in [3.63, 3.8) is 0 Å². The lowest BCUT2D eigenvalue weighted by Crippen LogP contribution is -2.35. The number of carbonyl (C=O) groups excluding carboxylic acids is 1. The van der Waals surface area contributed by atoms with Crippen LogP contribution in [0.4, 0.5) is 14.6 Å². The fourth-order valence-electron chi connectivity index (χ4n) is 7.06. The van der Waals surface area contributed by atoms with Gasteiger partial charge < -0.3 is 10.3 Å². The average Bonchev–Trinajstić information content (AvgIpc) is 3.82. The van der Waals surface area contributed by atoms with Gasteiger partial charge in [-0.05, 0) is 87.9 Å². The summed E-state index contributed by atoms with van der Waals surface area (Å²) in [5, 5.41) is 7.64. The molecular weight excluding hydrogens is 784 g/mol. The minimum Gasteiger partial charge on any atom is -0.347 e. The predicted molar refractivity (Wildman–Crippen MR) is 213 cm³/mol. The van der Waals surface area contributed by atoms with Gasteiger partial charge in [0, 0.05) is 29.9 Å². The summed E-state index contributed by atoms with van der Waals surface area (Å²) >= 11 is 6.66. The van der Waals surface area contributed by atoms with E-state index in [2.05, 4.69) is 25.1 Å². The number of benzene rings is 3. The van der Waals surface area contributed by atoms with Gasteiger partial charge in [0.25, 0.3) is 0 Å². The summed E-state index contributed by atoms with van der Waals surface area (Å²) < 4.78 is 83.3. The minimum atomic E-state index is -3.75. The van der Waals surface area contributed by atoms with E-state index in [9.17, 15) is 30.4 Å². The van der Waals surface area contributed by atoms with Crippen LogP contribution in [0.25, 0.3) is 33.1 Å². The normalized spacial score (nSPS) is 14.3. The number of nitrogens with one attached hydrogen (secondary N) is 3. The van der Waals surface area contributed by atoms with Crippen molar-refractivity contribution >= 4 is 65.1 Å². The van der Waals surface area contributed by atoms with Crippen LogP contribution in [0.2, 0.25) is 5.02 Å². The van der Waals surface area contributed by atoms with E-state index in [4.69, 9.17) is 16.6 Å². The maximum absolute atomic E-state index is 14.6. The van der Waals surface area contributed by atoms with Crippen LogP contribution in [0.15, 0.2) is 66.7 Å². The van der Waals surface area contributed by atoms with E-state index in [0.29, 0.717) is 57.6 Å². The highest BCUT2D eigenvalue weighted by Gasteiger charge is 2.45. The SMILES string of the molecule is Cn1nc(NS(C)(=O)=O)c2c(Cl)ccc(-c3ccc(CCC(C)(C)S(=O)(=O)C4CC4)nc3[C@H](Cc3cc(F)cc(F)c3)NC(=O)Cc3nc4ccccc4[nH]3)c21. The molecule has 1 atom stereocenters. The predicted octanol–water partition coefficient (Wildman–Crippen LogP) is 6.75. The van der Waals surface area contributed by atoms with Gasteiger partial charge in [-0.1, -0.05) is 35.9 Å². The zero-order valence-corrected chi connectivity index (χ0v) is 33.4. The van der Waals surface area contributed by atoms with Crippen LogP contribution in [0.1, 0.15) is 61.9 Å². The zero-order valence-electron chi connectivity index (χ0n) is 31.0. The Morgan fingerprint density at radius 1 is 1.00 bits per heavy atom. The molecule has 17 heteroatoms. The molecule has 3 N–H and O–H groups in total. The van der Waals surface area contributed by atoms with Gasteiger partial charge in [-0.3, -0.25) is 19.2 Å². The monoisotopic (exact) mass is 823 g/mol. The first-order chi connectivity index (χ1) is 26.4. The van der Waals surface area contributed by atoms with E-state index in [1.54, 1.807) is 45.2 Å². The molecule has 12 nitrogen and oxygen atoms in total. The lowest BCUT2D eigenvalue weighted by atomic mass is 9.93. The molecule has 0 saturated heterocycles. The third-order valence-corrected chi connectivity index (χ3v) is 14.0. The van der Waals surface area contributed by atoms with Gasteiger partial charge in [0.2, 0.25) is 15.9 Å². The first-order valence-corrected chi connectivity index (χ1v) is 21.7. The van der Waals surface area contributed by atoms with Gasteiger partial charge in [0.1, 0.15) is 17.5 Å². The number of pyridine rings is 1. The largest absolute Gasteiger partial charge is 0.347 e. The summed E-state index contributed by atoms with van der Waals surface area (Å²) in [7, 11) is -5.52. The number of rotatable bonds is 14. The van der Waals surface area contributed by atoms with Crippen molar-refractivity contribution in [2.75, 3.05) is 11.0 Å². The number of halogens is 3. The van der Waals surface area contributed by atoms with Crippen LogP contribution >= 0.6 is 11.6 Å². The topological polar surface area (TPSA) is 169 Å². The lowest BCUT2D eigenvalue weighted by molar-refractivity contribution is -0.121. The number of fused-ring (bicyclic) bond motifs is 2. The van der Waals surface area contributed by atoms with Gasteiger partial charge in [-0.2, -0.15) is 5.10 Å². The number of amides is 1. The first kappa shape index (κ1) is 39.3. The Morgan fingerprint density at radius 2 is 1.70 bits per heavy atom. The molecule has 1 saturated carbocycles. The van der Waals surface area contributed by atoms with E-state index in [0.717, 1.165) is 17.8 Å². The molecule has 3 aromatic heterocycles. The van der Waals surface area contributed by atoms with Crippen LogP contribution < -0.4 is 10.0 Å². The maximum atomic E-state index is 14.6. The van der Waals surface area contributed by atoms with Crippen molar-refractivity contribution in [3.05, 3.63) is 106 Å². The van der Waals surface area contributed by atoms with Gasteiger partial charge >= 0.3 is 0 Å². The molecule has 7 rings (SSSR count). The molecule has 6 aromatic rings. The van der Waals surface area contributed by atoms with E-state index >= 15 is 0 Å². The number of aromatic amines is 1. The minimum absolute atomic E-state index is 0.00741. The number of sulfonamides is 1. The third-order valence-electron chi connectivity index (χ3n) is 10.0. The smallest absolute Gasteiger partial charge is 0.231 e. The van der Waals surface area contributed by atoms with Crippen molar-refractivity contribution < 1.29 is 30.4 Å². The number of nitrogens with zero attached hydrogens (tertiary/aromatic N) is 4. The second kappa shape index (κ2) is 14.9. The number of imidazole rings is 1. The second-order valence-corrected chi connectivity index (χ2v) is 19.9. The molecule has 294 valence electrons. The summed E-state index contributed by atoms with van der Waals surface area (Å²) in [5.74, 6) is -1.64. The summed E-state index contributed by atoms with van der Waals surface area (Å²) in [6.45, 7) is 3.43. The molecule has 1 aliphatic carbocycles. The number of anilines is 1. The number of aryl methyl sites for hydroxylation is 2. The Morgan fingerprint density at radius 3 is 2.38 bits per heavy atom. The standard InChI is InChI=1S/C39H40ClF2N7O5S2/c1-39(2,56(53,54)26-10-11-26)16-15-25-9-12-27(28-13-14-29(40)35-37(28)49(3)47-38(35)48-55(4,51)52)36(43-25)32(19-22-17-23(41)20-24(42)18-22)46-34(50)21-33-44-30-7-5-6-8-31(30)45-33/h5-9,12-14,17-18,20,26,32H,10-11,15-16,19,21H2,1-4H3,(H,44,45)(H,46,50)(H,47,48)/t32-/m0/s1. The summed E-state index contributed by atoms with van der Waals surface area (Å²) in [5.41, 5.74) is 3.97. The van der Waals surface area contributed by atoms with Crippen molar-refractivity contribution in [1.29, 1.82) is 0 Å². The Bertz CT molecular complexity index is 2680. The Balaban J connectivity index is 1.36.